The Kier molecular flexibility index (Phi) is 6.22. The zero-order valence-electron chi connectivity index (χ0n) is 19.7. The van der Waals surface area contributed by atoms with Crippen LogP contribution in [0.2, 0.25) is 0 Å². The summed E-state index contributed by atoms with van der Waals surface area (Å²) in [5, 5.41) is 10.8. The first-order valence-electron chi connectivity index (χ1n) is 10.6. The number of ether oxygens (including phenoxy) is 2. The van der Waals surface area contributed by atoms with Crippen LogP contribution in [0.15, 0.2) is 40.8 Å². The van der Waals surface area contributed by atoms with Crippen LogP contribution in [-0.2, 0) is 6.54 Å². The maximum absolute atomic E-state index is 12.7. The van der Waals surface area contributed by atoms with Gasteiger partial charge >= 0.3 is 0 Å². The third kappa shape index (κ3) is 4.42. The second-order valence-electron chi connectivity index (χ2n) is 7.87. The van der Waals surface area contributed by atoms with Crippen molar-refractivity contribution in [2.24, 2.45) is 0 Å². The fourth-order valence-electron chi connectivity index (χ4n) is 3.72. The van der Waals surface area contributed by atoms with Gasteiger partial charge in [0, 0.05) is 5.69 Å². The van der Waals surface area contributed by atoms with Crippen molar-refractivity contribution in [1.29, 1.82) is 0 Å². The van der Waals surface area contributed by atoms with Crippen LogP contribution in [0.1, 0.15) is 33.1 Å². The summed E-state index contributed by atoms with van der Waals surface area (Å²) in [6.45, 7) is 5.89. The number of hydrogen-bond donors (Lipinski definition) is 2. The lowest BCUT2D eigenvalue weighted by molar-refractivity contribution is 0.102. The summed E-state index contributed by atoms with van der Waals surface area (Å²) in [4.78, 5) is 17.3. The van der Waals surface area contributed by atoms with Crippen molar-refractivity contribution >= 4 is 17.4 Å². The average Bonchev–Trinajstić information content (AvgIpc) is 3.35. The Balaban J connectivity index is 1.57. The highest BCUT2D eigenvalue weighted by Crippen LogP contribution is 2.38. The van der Waals surface area contributed by atoms with E-state index >= 15 is 0 Å². The molecule has 3 N–H and O–H groups in total. The lowest BCUT2D eigenvalue weighted by Crippen LogP contribution is -2.15. The van der Waals surface area contributed by atoms with E-state index in [-0.39, 0.29) is 18.1 Å². The summed E-state index contributed by atoms with van der Waals surface area (Å²) < 4.78 is 18.1. The first-order chi connectivity index (χ1) is 16.3. The number of nitrogens with one attached hydrogen (secondary N) is 1. The topological polar surface area (TPSA) is 130 Å². The molecule has 0 bridgehead atoms. The Morgan fingerprint density at radius 1 is 1.12 bits per heavy atom. The van der Waals surface area contributed by atoms with E-state index in [0.29, 0.717) is 40.1 Å². The number of oxazole rings is 1. The average molecular weight is 463 g/mol. The molecule has 0 atom stereocenters. The summed E-state index contributed by atoms with van der Waals surface area (Å²) in [6, 6.07) is 11.2. The number of hydrogen-bond acceptors (Lipinski definition) is 8. The second-order valence-corrected chi connectivity index (χ2v) is 7.87. The molecule has 34 heavy (non-hydrogen) atoms. The molecule has 0 saturated heterocycles. The third-order valence-electron chi connectivity index (χ3n) is 5.29. The third-order valence-corrected chi connectivity index (χ3v) is 5.29. The number of methoxy groups -OCH3 is 2. The number of nitrogens with zero attached hydrogens (tertiary/aromatic N) is 4. The number of para-hydroxylation sites is 1. The van der Waals surface area contributed by atoms with Crippen LogP contribution in [-0.4, -0.2) is 40.1 Å². The van der Waals surface area contributed by atoms with Crippen LogP contribution in [0.4, 0.5) is 11.5 Å². The van der Waals surface area contributed by atoms with Crippen molar-refractivity contribution in [3.05, 3.63) is 64.7 Å². The minimum atomic E-state index is -0.438. The Bertz CT molecular complexity index is 1340. The molecule has 1 amide bonds. The largest absolute Gasteiger partial charge is 0.493 e. The van der Waals surface area contributed by atoms with Gasteiger partial charge in [-0.3, -0.25) is 4.79 Å². The van der Waals surface area contributed by atoms with Gasteiger partial charge in [0.2, 0.25) is 5.89 Å². The lowest BCUT2D eigenvalue weighted by Gasteiger charge is -2.09. The summed E-state index contributed by atoms with van der Waals surface area (Å²) in [5.41, 5.74) is 10.2. The van der Waals surface area contributed by atoms with E-state index in [9.17, 15) is 4.79 Å². The van der Waals surface area contributed by atoms with Crippen molar-refractivity contribution in [2.45, 2.75) is 27.3 Å². The van der Waals surface area contributed by atoms with Crippen LogP contribution in [0.3, 0.4) is 0 Å². The maximum atomic E-state index is 12.7. The van der Waals surface area contributed by atoms with Gasteiger partial charge in [0.25, 0.3) is 5.91 Å². The van der Waals surface area contributed by atoms with Crippen LogP contribution in [0.25, 0.3) is 11.5 Å². The first-order valence-corrected chi connectivity index (χ1v) is 10.6. The lowest BCUT2D eigenvalue weighted by atomic mass is 10.1. The highest BCUT2D eigenvalue weighted by molar-refractivity contribution is 6.05. The Labute approximate surface area is 196 Å². The Morgan fingerprint density at radius 2 is 1.85 bits per heavy atom. The van der Waals surface area contributed by atoms with Crippen molar-refractivity contribution in [3.8, 4) is 23.0 Å². The van der Waals surface area contributed by atoms with Gasteiger partial charge in [-0.2, -0.15) is 0 Å². The first kappa shape index (κ1) is 22.8. The molecule has 0 aliphatic carbocycles. The van der Waals surface area contributed by atoms with E-state index in [1.807, 2.05) is 44.2 Å². The Morgan fingerprint density at radius 3 is 2.53 bits per heavy atom. The minimum Gasteiger partial charge on any atom is -0.493 e. The second kappa shape index (κ2) is 9.26. The number of carbonyl (C=O) groups excluding carboxylic acids is 1. The van der Waals surface area contributed by atoms with Crippen LogP contribution in [0.5, 0.6) is 11.5 Å². The number of amides is 1. The monoisotopic (exact) mass is 462 g/mol. The molecule has 0 spiro atoms. The van der Waals surface area contributed by atoms with E-state index in [1.54, 1.807) is 27.2 Å². The van der Waals surface area contributed by atoms with Gasteiger partial charge in [0.1, 0.15) is 11.5 Å². The molecule has 0 aliphatic rings. The van der Waals surface area contributed by atoms with E-state index < -0.39 is 5.91 Å². The minimum absolute atomic E-state index is 0.0370. The predicted molar refractivity (Wildman–Crippen MR) is 127 cm³/mol. The zero-order valence-corrected chi connectivity index (χ0v) is 19.7. The summed E-state index contributed by atoms with van der Waals surface area (Å²) in [5.74, 6) is 1.73. The molecular formula is C24H26N6O4. The van der Waals surface area contributed by atoms with E-state index in [0.717, 1.165) is 11.1 Å². The summed E-state index contributed by atoms with van der Waals surface area (Å²) in [6.07, 6.45) is 0. The number of carbonyl (C=O) groups is 1. The van der Waals surface area contributed by atoms with Gasteiger partial charge < -0.3 is 24.9 Å². The van der Waals surface area contributed by atoms with Gasteiger partial charge in [-0.05, 0) is 56.2 Å². The number of benzene rings is 2. The smallest absolute Gasteiger partial charge is 0.280 e. The van der Waals surface area contributed by atoms with Crippen LogP contribution >= 0.6 is 0 Å². The zero-order chi connectivity index (χ0) is 24.4. The molecule has 2 aromatic carbocycles. The Hall–Kier alpha value is -4.34. The quantitative estimate of drug-likeness (QED) is 0.425. The number of aryl methyl sites for hydroxylation is 3. The van der Waals surface area contributed by atoms with E-state index in [1.165, 1.54) is 4.68 Å². The fraction of sp³-hybridized carbons (Fsp3) is 0.250. The van der Waals surface area contributed by atoms with Crippen molar-refractivity contribution in [1.82, 2.24) is 20.0 Å². The van der Waals surface area contributed by atoms with Gasteiger partial charge in [0.15, 0.2) is 23.0 Å². The van der Waals surface area contributed by atoms with E-state index in [2.05, 4.69) is 20.6 Å². The van der Waals surface area contributed by atoms with Gasteiger partial charge in [-0.15, -0.1) is 5.10 Å². The van der Waals surface area contributed by atoms with Gasteiger partial charge in [-0.25, -0.2) is 9.67 Å². The standard InChI is InChI=1S/C24H26N6O4/c1-13-9-14(2)11-16(10-13)26-23(31)20-22(25)30(29-28-20)12-18-15(3)34-24(27-18)17-7-6-8-19(32-4)21(17)33-5/h6-11H,12,25H2,1-5H3,(H,26,31). The van der Waals surface area contributed by atoms with Crippen LogP contribution in [0, 0.1) is 20.8 Å². The number of aromatic nitrogens is 4. The number of anilines is 2. The molecule has 176 valence electrons. The molecule has 4 aromatic rings. The molecule has 2 aromatic heterocycles. The number of nitrogens with two attached hydrogens (primary N) is 1. The molecule has 10 nitrogen and oxygen atoms in total. The van der Waals surface area contributed by atoms with Crippen LogP contribution < -0.4 is 20.5 Å². The molecule has 0 unspecified atom stereocenters. The number of rotatable bonds is 7. The highest BCUT2D eigenvalue weighted by atomic mass is 16.5. The fourth-order valence-corrected chi connectivity index (χ4v) is 3.72. The molecule has 0 radical (unpaired) electrons. The van der Waals surface area contributed by atoms with Gasteiger partial charge in [0.05, 0.1) is 26.3 Å². The van der Waals surface area contributed by atoms with E-state index in [4.69, 9.17) is 19.6 Å². The van der Waals surface area contributed by atoms with Crippen molar-refractivity contribution in [2.75, 3.05) is 25.3 Å². The highest BCUT2D eigenvalue weighted by Gasteiger charge is 2.22. The molecule has 0 aliphatic heterocycles. The van der Waals surface area contributed by atoms with Crippen molar-refractivity contribution < 1.29 is 18.7 Å². The molecular weight excluding hydrogens is 436 g/mol. The molecule has 4 rings (SSSR count). The summed E-state index contributed by atoms with van der Waals surface area (Å²) >= 11 is 0. The number of nitrogen functional groups attached to an aromatic ring is 1. The predicted octanol–water partition coefficient (Wildman–Crippen LogP) is 3.76. The van der Waals surface area contributed by atoms with Gasteiger partial charge in [-0.1, -0.05) is 17.3 Å². The maximum Gasteiger partial charge on any atom is 0.280 e. The molecule has 10 heteroatoms. The molecule has 0 saturated carbocycles. The molecule has 0 fully saturated rings. The molecule has 2 heterocycles. The SMILES string of the molecule is COc1cccc(-c2nc(Cn3nnc(C(=O)Nc4cc(C)cc(C)c4)c3N)c(C)o2)c1OC. The normalized spacial score (nSPS) is 10.9. The van der Waals surface area contributed by atoms with Crippen molar-refractivity contribution in [3.63, 3.8) is 0 Å². The summed E-state index contributed by atoms with van der Waals surface area (Å²) in [7, 11) is 3.12.